The van der Waals surface area contributed by atoms with Crippen molar-refractivity contribution in [3.8, 4) is 0 Å². The van der Waals surface area contributed by atoms with Gasteiger partial charge in [0.15, 0.2) is 0 Å². The van der Waals surface area contributed by atoms with Crippen LogP contribution >= 0.6 is 27.5 Å². The van der Waals surface area contributed by atoms with Crippen LogP contribution in [0, 0.1) is 12.7 Å². The number of hydrogen-bond donors (Lipinski definition) is 1. The molecule has 2 aromatic carbocycles. The summed E-state index contributed by atoms with van der Waals surface area (Å²) in [5.74, 6) is -0.471. The maximum atomic E-state index is 14.1. The summed E-state index contributed by atoms with van der Waals surface area (Å²) >= 11 is 9.06. The van der Waals surface area contributed by atoms with Crippen molar-refractivity contribution in [2.45, 2.75) is 13.0 Å². The van der Waals surface area contributed by atoms with Crippen molar-refractivity contribution in [1.29, 1.82) is 0 Å². The second-order valence-electron chi connectivity index (χ2n) is 4.10. The van der Waals surface area contributed by atoms with Crippen molar-refractivity contribution in [2.75, 3.05) is 0 Å². The van der Waals surface area contributed by atoms with Gasteiger partial charge in [0.25, 0.3) is 0 Å². The van der Waals surface area contributed by atoms with E-state index in [0.717, 1.165) is 11.1 Å². The van der Waals surface area contributed by atoms with Crippen LogP contribution in [0.15, 0.2) is 40.9 Å². The quantitative estimate of drug-likeness (QED) is 0.801. The Morgan fingerprint density at radius 2 is 1.83 bits per heavy atom. The molecule has 4 heteroatoms. The van der Waals surface area contributed by atoms with Crippen molar-refractivity contribution in [3.63, 3.8) is 0 Å². The Morgan fingerprint density at radius 3 is 2.50 bits per heavy atom. The largest absolute Gasteiger partial charge is 0.320 e. The highest BCUT2D eigenvalue weighted by atomic mass is 79.9. The number of nitrogens with two attached hydrogens (primary N) is 1. The molecular formula is C14H12BrClFN. The molecule has 18 heavy (non-hydrogen) atoms. The third kappa shape index (κ3) is 2.44. The fraction of sp³-hybridized carbons (Fsp3) is 0.143. The summed E-state index contributed by atoms with van der Waals surface area (Å²) < 4.78 is 14.6. The molecule has 94 valence electrons. The number of aryl methyl sites for hydroxylation is 1. The molecule has 0 aliphatic carbocycles. The Kier molecular flexibility index (Phi) is 4.05. The van der Waals surface area contributed by atoms with Crippen molar-refractivity contribution in [1.82, 2.24) is 0 Å². The van der Waals surface area contributed by atoms with Crippen LogP contribution < -0.4 is 5.73 Å². The Balaban J connectivity index is 2.50. The second-order valence-corrected chi connectivity index (χ2v) is 5.33. The van der Waals surface area contributed by atoms with Gasteiger partial charge in [-0.05, 0) is 40.0 Å². The third-order valence-electron chi connectivity index (χ3n) is 2.92. The van der Waals surface area contributed by atoms with Gasteiger partial charge in [-0.3, -0.25) is 0 Å². The van der Waals surface area contributed by atoms with Gasteiger partial charge in [0.1, 0.15) is 5.82 Å². The molecule has 1 unspecified atom stereocenters. The lowest BCUT2D eigenvalue weighted by Crippen LogP contribution is -2.15. The third-order valence-corrected chi connectivity index (χ3v) is 4.18. The highest BCUT2D eigenvalue weighted by Crippen LogP contribution is 2.32. The second kappa shape index (κ2) is 5.39. The van der Waals surface area contributed by atoms with Gasteiger partial charge < -0.3 is 5.73 Å². The molecule has 2 N–H and O–H groups in total. The van der Waals surface area contributed by atoms with E-state index >= 15 is 0 Å². The van der Waals surface area contributed by atoms with Gasteiger partial charge in [-0.15, -0.1) is 0 Å². The molecule has 0 aliphatic heterocycles. The fourth-order valence-corrected chi connectivity index (χ4v) is 2.36. The number of rotatable bonds is 2. The Hall–Kier alpha value is -0.900. The minimum atomic E-state index is -0.517. The molecule has 0 spiro atoms. The molecule has 0 fully saturated rings. The van der Waals surface area contributed by atoms with Crippen LogP contribution in [0.25, 0.3) is 0 Å². The summed E-state index contributed by atoms with van der Waals surface area (Å²) in [4.78, 5) is 0. The minimum absolute atomic E-state index is 0.0662. The van der Waals surface area contributed by atoms with E-state index in [-0.39, 0.29) is 5.02 Å². The summed E-state index contributed by atoms with van der Waals surface area (Å²) in [7, 11) is 0. The predicted octanol–water partition coefficient (Wildman–Crippen LogP) is 4.60. The summed E-state index contributed by atoms with van der Waals surface area (Å²) in [5.41, 5.74) is 8.45. The first kappa shape index (κ1) is 13.5. The molecule has 0 radical (unpaired) electrons. The lowest BCUT2D eigenvalue weighted by molar-refractivity contribution is 0.599. The first-order chi connectivity index (χ1) is 8.52. The Labute approximate surface area is 119 Å². The van der Waals surface area contributed by atoms with E-state index in [1.54, 1.807) is 12.1 Å². The minimum Gasteiger partial charge on any atom is -0.320 e. The van der Waals surface area contributed by atoms with Crippen molar-refractivity contribution in [3.05, 3.63) is 68.4 Å². The summed E-state index contributed by atoms with van der Waals surface area (Å²) in [5, 5.41) is 0.0662. The summed E-state index contributed by atoms with van der Waals surface area (Å²) in [6.07, 6.45) is 0. The maximum Gasteiger partial charge on any atom is 0.148 e. The Bertz CT molecular complexity index is 586. The monoisotopic (exact) mass is 327 g/mol. The highest BCUT2D eigenvalue weighted by Gasteiger charge is 2.18. The van der Waals surface area contributed by atoms with E-state index in [0.29, 0.717) is 10.0 Å². The fourth-order valence-electron chi connectivity index (χ4n) is 1.88. The van der Waals surface area contributed by atoms with Gasteiger partial charge in [0.05, 0.1) is 11.1 Å². The van der Waals surface area contributed by atoms with Gasteiger partial charge in [0.2, 0.25) is 0 Å². The summed E-state index contributed by atoms with van der Waals surface area (Å²) in [6.45, 7) is 1.95. The van der Waals surface area contributed by atoms with Crippen LogP contribution in [0.2, 0.25) is 5.02 Å². The normalized spacial score (nSPS) is 12.5. The molecule has 0 amide bonds. The number of halogens is 3. The molecule has 2 rings (SSSR count). The van der Waals surface area contributed by atoms with Gasteiger partial charge in [-0.1, -0.05) is 41.9 Å². The SMILES string of the molecule is Cc1ccccc1C(N)c1ccc(Br)c(Cl)c1F. The van der Waals surface area contributed by atoms with E-state index in [9.17, 15) is 4.39 Å². The molecule has 2 aromatic rings. The van der Waals surface area contributed by atoms with Crippen molar-refractivity contribution in [2.24, 2.45) is 5.73 Å². The molecule has 0 aromatic heterocycles. The van der Waals surface area contributed by atoms with Crippen LogP contribution in [-0.2, 0) is 0 Å². The number of benzene rings is 2. The van der Waals surface area contributed by atoms with E-state index in [1.165, 1.54) is 0 Å². The zero-order valence-corrected chi connectivity index (χ0v) is 12.1. The van der Waals surface area contributed by atoms with Crippen LogP contribution in [0.3, 0.4) is 0 Å². The van der Waals surface area contributed by atoms with Gasteiger partial charge in [0, 0.05) is 10.0 Å². The van der Waals surface area contributed by atoms with Crippen LogP contribution in [-0.4, -0.2) is 0 Å². The molecule has 0 heterocycles. The van der Waals surface area contributed by atoms with Crippen LogP contribution in [0.1, 0.15) is 22.7 Å². The molecule has 0 aliphatic rings. The molecule has 0 saturated heterocycles. The van der Waals surface area contributed by atoms with E-state index in [2.05, 4.69) is 15.9 Å². The number of hydrogen-bond acceptors (Lipinski definition) is 1. The van der Waals surface area contributed by atoms with Crippen LogP contribution in [0.5, 0.6) is 0 Å². The van der Waals surface area contributed by atoms with Gasteiger partial charge >= 0.3 is 0 Å². The van der Waals surface area contributed by atoms with Crippen LogP contribution in [0.4, 0.5) is 4.39 Å². The van der Waals surface area contributed by atoms with Crippen molar-refractivity contribution < 1.29 is 4.39 Å². The van der Waals surface area contributed by atoms with Gasteiger partial charge in [-0.2, -0.15) is 0 Å². The molecule has 0 bridgehead atoms. The zero-order chi connectivity index (χ0) is 13.3. The average Bonchev–Trinajstić information content (AvgIpc) is 2.36. The first-order valence-electron chi connectivity index (χ1n) is 5.47. The van der Waals surface area contributed by atoms with Gasteiger partial charge in [-0.25, -0.2) is 4.39 Å². The lowest BCUT2D eigenvalue weighted by Gasteiger charge is -2.16. The molecule has 1 atom stereocenters. The first-order valence-corrected chi connectivity index (χ1v) is 6.64. The molecule has 0 saturated carbocycles. The lowest BCUT2D eigenvalue weighted by atomic mass is 9.95. The topological polar surface area (TPSA) is 26.0 Å². The predicted molar refractivity (Wildman–Crippen MR) is 76.3 cm³/mol. The van der Waals surface area contributed by atoms with E-state index in [4.69, 9.17) is 17.3 Å². The average molecular weight is 329 g/mol. The van der Waals surface area contributed by atoms with E-state index < -0.39 is 11.9 Å². The molecule has 1 nitrogen and oxygen atoms in total. The standard InChI is InChI=1S/C14H12BrClFN/c1-8-4-2-3-5-9(8)14(18)10-6-7-11(15)12(16)13(10)17/h2-7,14H,18H2,1H3. The Morgan fingerprint density at radius 1 is 1.17 bits per heavy atom. The maximum absolute atomic E-state index is 14.1. The van der Waals surface area contributed by atoms with E-state index in [1.807, 2.05) is 31.2 Å². The zero-order valence-electron chi connectivity index (χ0n) is 9.75. The summed E-state index contributed by atoms with van der Waals surface area (Å²) in [6, 6.07) is 10.5. The van der Waals surface area contributed by atoms with Crippen molar-refractivity contribution >= 4 is 27.5 Å². The molecular weight excluding hydrogens is 317 g/mol. The smallest absolute Gasteiger partial charge is 0.148 e. The highest BCUT2D eigenvalue weighted by molar-refractivity contribution is 9.10.